The lowest BCUT2D eigenvalue weighted by Gasteiger charge is -2.50. The minimum absolute atomic E-state index is 0.0527. The summed E-state index contributed by atoms with van der Waals surface area (Å²) in [6.07, 6.45) is 4.37. The van der Waals surface area contributed by atoms with Gasteiger partial charge in [0.05, 0.1) is 12.2 Å². The van der Waals surface area contributed by atoms with E-state index in [0.717, 1.165) is 25.7 Å². The Kier molecular flexibility index (Phi) is 6.38. The fourth-order valence-electron chi connectivity index (χ4n) is 6.16. The van der Waals surface area contributed by atoms with Crippen LogP contribution in [0.3, 0.4) is 0 Å². The van der Waals surface area contributed by atoms with E-state index in [1.807, 2.05) is 0 Å². The molecule has 3 rings (SSSR count). The number of rotatable bonds is 5. The van der Waals surface area contributed by atoms with E-state index in [4.69, 9.17) is 8.85 Å². The van der Waals surface area contributed by atoms with Gasteiger partial charge in [0, 0.05) is 22.2 Å². The van der Waals surface area contributed by atoms with Crippen LogP contribution in [-0.2, 0) is 8.85 Å². The standard InChI is InChI=1S/C25H44N2O2Si/c1-22(2)15-19(16-23(3,4)26-22)28-30(9,21-13-11-10-12-14-21)29-20-17-24(5,6)27-25(7,8)18-20/h10-14,19-20,26-27H,15-18H2,1-9H3. The maximum Gasteiger partial charge on any atom is 0.369 e. The summed E-state index contributed by atoms with van der Waals surface area (Å²) in [5.74, 6) is 0. The summed E-state index contributed by atoms with van der Waals surface area (Å²) < 4.78 is 14.1. The first kappa shape index (κ1) is 23.9. The second kappa shape index (κ2) is 8.00. The molecule has 1 aromatic rings. The molecule has 2 N–H and O–H groups in total. The Morgan fingerprint density at radius 2 is 1.00 bits per heavy atom. The van der Waals surface area contributed by atoms with Gasteiger partial charge in [-0.2, -0.15) is 0 Å². The van der Waals surface area contributed by atoms with Crippen LogP contribution in [0, 0.1) is 0 Å². The predicted molar refractivity (Wildman–Crippen MR) is 128 cm³/mol. The second-order valence-corrected chi connectivity index (χ2v) is 15.3. The molecule has 2 aliphatic rings. The number of piperidine rings is 2. The quantitative estimate of drug-likeness (QED) is 0.667. The summed E-state index contributed by atoms with van der Waals surface area (Å²) >= 11 is 0. The first-order valence-electron chi connectivity index (χ1n) is 11.6. The van der Waals surface area contributed by atoms with Crippen LogP contribution >= 0.6 is 0 Å². The number of benzene rings is 1. The molecule has 0 aromatic heterocycles. The highest BCUT2D eigenvalue weighted by molar-refractivity contribution is 6.80. The summed E-state index contributed by atoms with van der Waals surface area (Å²) in [4.78, 5) is 0. The van der Waals surface area contributed by atoms with Crippen molar-refractivity contribution in [2.24, 2.45) is 0 Å². The molecule has 4 nitrogen and oxygen atoms in total. The van der Waals surface area contributed by atoms with E-state index in [1.165, 1.54) is 5.19 Å². The predicted octanol–water partition coefficient (Wildman–Crippen LogP) is 4.62. The van der Waals surface area contributed by atoms with Gasteiger partial charge in [-0.15, -0.1) is 0 Å². The van der Waals surface area contributed by atoms with Gasteiger partial charge < -0.3 is 19.5 Å². The van der Waals surface area contributed by atoms with Gasteiger partial charge in [0.1, 0.15) is 0 Å². The van der Waals surface area contributed by atoms with Crippen molar-refractivity contribution < 1.29 is 8.85 Å². The third kappa shape index (κ3) is 6.16. The van der Waals surface area contributed by atoms with E-state index in [-0.39, 0.29) is 34.4 Å². The van der Waals surface area contributed by atoms with Crippen LogP contribution in [0.1, 0.15) is 81.1 Å². The van der Waals surface area contributed by atoms with Gasteiger partial charge in [-0.25, -0.2) is 0 Å². The highest BCUT2D eigenvalue weighted by Gasteiger charge is 2.47. The lowest BCUT2D eigenvalue weighted by atomic mass is 9.81. The Labute approximate surface area is 185 Å². The van der Waals surface area contributed by atoms with Crippen LogP contribution in [-0.4, -0.2) is 42.9 Å². The van der Waals surface area contributed by atoms with E-state index in [2.05, 4.69) is 103 Å². The van der Waals surface area contributed by atoms with Crippen molar-refractivity contribution in [2.45, 2.75) is 122 Å². The van der Waals surface area contributed by atoms with E-state index < -0.39 is 8.56 Å². The zero-order valence-corrected chi connectivity index (χ0v) is 21.7. The zero-order chi connectivity index (χ0) is 22.4. The van der Waals surface area contributed by atoms with Crippen molar-refractivity contribution >= 4 is 13.7 Å². The first-order valence-corrected chi connectivity index (χ1v) is 13.9. The molecule has 0 spiro atoms. The van der Waals surface area contributed by atoms with Crippen LogP contribution in [0.2, 0.25) is 6.55 Å². The minimum Gasteiger partial charge on any atom is -0.388 e. The summed E-state index contributed by atoms with van der Waals surface area (Å²) in [5.41, 5.74) is 0.211. The number of hydrogen-bond acceptors (Lipinski definition) is 4. The van der Waals surface area contributed by atoms with Gasteiger partial charge in [0.25, 0.3) is 0 Å². The molecule has 2 heterocycles. The lowest BCUT2D eigenvalue weighted by Crippen LogP contribution is -2.65. The molecule has 2 saturated heterocycles. The molecule has 2 aliphatic heterocycles. The largest absolute Gasteiger partial charge is 0.388 e. The fourth-order valence-corrected chi connectivity index (χ4v) is 8.90. The van der Waals surface area contributed by atoms with Gasteiger partial charge in [0.15, 0.2) is 0 Å². The molecule has 0 radical (unpaired) electrons. The molecule has 0 unspecified atom stereocenters. The van der Waals surface area contributed by atoms with Crippen molar-refractivity contribution in [1.82, 2.24) is 10.6 Å². The summed E-state index contributed by atoms with van der Waals surface area (Å²) in [6.45, 7) is 20.5. The van der Waals surface area contributed by atoms with E-state index in [9.17, 15) is 0 Å². The van der Waals surface area contributed by atoms with Crippen LogP contribution in [0.4, 0.5) is 0 Å². The van der Waals surface area contributed by atoms with Crippen molar-refractivity contribution in [1.29, 1.82) is 0 Å². The highest BCUT2D eigenvalue weighted by atomic mass is 28.4. The molecule has 170 valence electrons. The summed E-state index contributed by atoms with van der Waals surface area (Å²) in [6, 6.07) is 10.7. The molecule has 30 heavy (non-hydrogen) atoms. The molecule has 0 atom stereocenters. The van der Waals surface area contributed by atoms with Gasteiger partial charge in [-0.1, -0.05) is 30.3 Å². The lowest BCUT2D eigenvalue weighted by molar-refractivity contribution is -0.00326. The molecular weight excluding hydrogens is 388 g/mol. The second-order valence-electron chi connectivity index (χ2n) is 12.4. The zero-order valence-electron chi connectivity index (χ0n) is 20.7. The molecule has 0 saturated carbocycles. The third-order valence-electron chi connectivity index (χ3n) is 6.39. The Bertz CT molecular complexity index is 658. The van der Waals surface area contributed by atoms with Crippen molar-refractivity contribution in [2.75, 3.05) is 0 Å². The average molecular weight is 433 g/mol. The van der Waals surface area contributed by atoms with Gasteiger partial charge in [-0.3, -0.25) is 0 Å². The maximum absolute atomic E-state index is 7.03. The monoisotopic (exact) mass is 432 g/mol. The Balaban J connectivity index is 1.87. The van der Waals surface area contributed by atoms with Crippen LogP contribution in [0.15, 0.2) is 30.3 Å². The normalized spacial score (nSPS) is 26.4. The van der Waals surface area contributed by atoms with Gasteiger partial charge in [0.2, 0.25) is 0 Å². The van der Waals surface area contributed by atoms with Crippen molar-refractivity contribution in [3.05, 3.63) is 30.3 Å². The van der Waals surface area contributed by atoms with Gasteiger partial charge >= 0.3 is 8.56 Å². The maximum atomic E-state index is 7.03. The van der Waals surface area contributed by atoms with E-state index >= 15 is 0 Å². The number of nitrogens with one attached hydrogen (secondary N) is 2. The number of hydrogen-bond donors (Lipinski definition) is 2. The van der Waals surface area contributed by atoms with E-state index in [0.29, 0.717) is 0 Å². The minimum atomic E-state index is -2.61. The van der Waals surface area contributed by atoms with Crippen LogP contribution < -0.4 is 15.8 Å². The topological polar surface area (TPSA) is 42.5 Å². The molecule has 5 heteroatoms. The molecule has 0 aliphatic carbocycles. The summed E-state index contributed by atoms with van der Waals surface area (Å²) in [7, 11) is -2.61. The van der Waals surface area contributed by atoms with E-state index in [1.54, 1.807) is 0 Å². The Morgan fingerprint density at radius 1 is 0.667 bits per heavy atom. The fraction of sp³-hybridized carbons (Fsp3) is 0.760. The Morgan fingerprint density at radius 3 is 1.33 bits per heavy atom. The van der Waals surface area contributed by atoms with Crippen molar-refractivity contribution in [3.8, 4) is 0 Å². The van der Waals surface area contributed by atoms with Crippen LogP contribution in [0.25, 0.3) is 0 Å². The van der Waals surface area contributed by atoms with Gasteiger partial charge in [-0.05, 0) is 92.8 Å². The third-order valence-corrected chi connectivity index (χ3v) is 9.34. The highest BCUT2D eigenvalue weighted by Crippen LogP contribution is 2.35. The Hall–Kier alpha value is -0.723. The smallest absolute Gasteiger partial charge is 0.369 e. The average Bonchev–Trinajstić information content (AvgIpc) is 2.49. The molecule has 2 fully saturated rings. The molecule has 1 aromatic carbocycles. The first-order chi connectivity index (χ1) is 13.6. The molecule has 0 bridgehead atoms. The SMILES string of the molecule is CC1(C)CC(O[Si](C)(OC2CC(C)(C)NC(C)(C)C2)c2ccccc2)CC(C)(C)N1. The van der Waals surface area contributed by atoms with Crippen LogP contribution in [0.5, 0.6) is 0 Å². The van der Waals surface area contributed by atoms with Crippen molar-refractivity contribution in [3.63, 3.8) is 0 Å². The molecular formula is C25H44N2O2Si. The molecule has 0 amide bonds. The summed E-state index contributed by atoms with van der Waals surface area (Å²) in [5, 5.41) is 8.78.